The number of aromatic amines is 1. The Hall–Kier alpha value is -3.08. The maximum atomic E-state index is 12.0. The number of nitrogens with one attached hydrogen (secondary N) is 1. The Morgan fingerprint density at radius 2 is 1.72 bits per heavy atom. The van der Waals surface area contributed by atoms with Gasteiger partial charge in [-0.25, -0.2) is 4.79 Å². The first kappa shape index (κ1) is 16.8. The Bertz CT molecular complexity index is 944. The molecule has 0 unspecified atom stereocenters. The lowest BCUT2D eigenvalue weighted by molar-refractivity contribution is 0.373. The van der Waals surface area contributed by atoms with Gasteiger partial charge >= 0.3 is 5.69 Å². The van der Waals surface area contributed by atoms with Gasteiger partial charge in [0.05, 0.1) is 18.5 Å². The minimum absolute atomic E-state index is 0.0422. The molecule has 0 aliphatic heterocycles. The normalized spacial score (nSPS) is 10.9. The largest absolute Gasteiger partial charge is 0.504 e. The van der Waals surface area contributed by atoms with Crippen LogP contribution in [-0.4, -0.2) is 22.2 Å². The zero-order chi connectivity index (χ0) is 18.0. The van der Waals surface area contributed by atoms with Crippen molar-refractivity contribution < 1.29 is 9.84 Å². The standard InChI is InChI=1S/C20H20N2O3/c1-12(2)13-4-6-14(7-5-13)16-11-17(22-20(24)21-16)15-8-9-18(23)19(10-15)25-3/h4-12,23H,1-3H3,(H,21,22,24). The van der Waals surface area contributed by atoms with E-state index in [0.717, 1.165) is 5.56 Å². The molecule has 1 aromatic heterocycles. The van der Waals surface area contributed by atoms with Crippen LogP contribution >= 0.6 is 0 Å². The van der Waals surface area contributed by atoms with E-state index in [9.17, 15) is 9.90 Å². The molecule has 0 amide bonds. The van der Waals surface area contributed by atoms with Crippen molar-refractivity contribution in [3.63, 3.8) is 0 Å². The topological polar surface area (TPSA) is 75.2 Å². The summed E-state index contributed by atoms with van der Waals surface area (Å²) in [5.74, 6) is 0.827. The predicted octanol–water partition coefficient (Wildman–Crippen LogP) is 3.94. The Morgan fingerprint density at radius 1 is 1.04 bits per heavy atom. The van der Waals surface area contributed by atoms with Crippen molar-refractivity contribution in [2.75, 3.05) is 7.11 Å². The van der Waals surface area contributed by atoms with Crippen LogP contribution in [0.15, 0.2) is 53.3 Å². The lowest BCUT2D eigenvalue weighted by Gasteiger charge is -2.09. The van der Waals surface area contributed by atoms with Gasteiger partial charge in [-0.2, -0.15) is 4.98 Å². The van der Waals surface area contributed by atoms with Crippen LogP contribution in [0.1, 0.15) is 25.3 Å². The summed E-state index contributed by atoms with van der Waals surface area (Å²) in [4.78, 5) is 18.8. The Balaban J connectivity index is 2.05. The molecule has 25 heavy (non-hydrogen) atoms. The molecule has 2 aromatic carbocycles. The molecule has 0 saturated carbocycles. The van der Waals surface area contributed by atoms with Crippen LogP contribution in [-0.2, 0) is 0 Å². The minimum Gasteiger partial charge on any atom is -0.504 e. The predicted molar refractivity (Wildman–Crippen MR) is 98.0 cm³/mol. The molecule has 0 aliphatic carbocycles. The van der Waals surface area contributed by atoms with Crippen LogP contribution in [0.3, 0.4) is 0 Å². The molecule has 5 heteroatoms. The van der Waals surface area contributed by atoms with E-state index in [2.05, 4.69) is 35.9 Å². The van der Waals surface area contributed by atoms with Gasteiger partial charge in [0, 0.05) is 5.56 Å². The van der Waals surface area contributed by atoms with E-state index in [1.54, 1.807) is 12.1 Å². The fourth-order valence-corrected chi connectivity index (χ4v) is 2.65. The summed E-state index contributed by atoms with van der Waals surface area (Å²) in [6, 6.07) is 14.8. The third kappa shape index (κ3) is 3.55. The van der Waals surface area contributed by atoms with Gasteiger partial charge in [0.1, 0.15) is 0 Å². The van der Waals surface area contributed by atoms with E-state index in [0.29, 0.717) is 28.6 Å². The van der Waals surface area contributed by atoms with Crippen molar-refractivity contribution in [1.29, 1.82) is 0 Å². The van der Waals surface area contributed by atoms with Gasteiger partial charge in [-0.1, -0.05) is 38.1 Å². The highest BCUT2D eigenvalue weighted by Gasteiger charge is 2.09. The fraction of sp³-hybridized carbons (Fsp3) is 0.200. The summed E-state index contributed by atoms with van der Waals surface area (Å²) in [5, 5.41) is 9.73. The number of methoxy groups -OCH3 is 1. The molecule has 0 saturated heterocycles. The number of aromatic nitrogens is 2. The lowest BCUT2D eigenvalue weighted by atomic mass is 10.0. The summed E-state index contributed by atoms with van der Waals surface area (Å²) >= 11 is 0. The summed E-state index contributed by atoms with van der Waals surface area (Å²) < 4.78 is 5.12. The van der Waals surface area contributed by atoms with Crippen LogP contribution in [0.2, 0.25) is 0 Å². The van der Waals surface area contributed by atoms with Gasteiger partial charge < -0.3 is 14.8 Å². The molecule has 3 aromatic rings. The summed E-state index contributed by atoms with van der Waals surface area (Å²) in [5.41, 5.74) is 3.63. The molecule has 0 fully saturated rings. The molecule has 0 radical (unpaired) electrons. The number of benzene rings is 2. The van der Waals surface area contributed by atoms with Crippen LogP contribution < -0.4 is 10.4 Å². The molecule has 0 atom stereocenters. The number of aromatic hydroxyl groups is 1. The highest BCUT2D eigenvalue weighted by Crippen LogP contribution is 2.31. The average molecular weight is 336 g/mol. The number of ether oxygens (including phenoxy) is 1. The van der Waals surface area contributed by atoms with Crippen LogP contribution in [0.25, 0.3) is 22.5 Å². The van der Waals surface area contributed by atoms with Gasteiger partial charge in [-0.15, -0.1) is 0 Å². The molecule has 0 aliphatic rings. The third-order valence-corrected chi connectivity index (χ3v) is 4.11. The van der Waals surface area contributed by atoms with E-state index >= 15 is 0 Å². The molecular weight excluding hydrogens is 316 g/mol. The molecule has 128 valence electrons. The summed E-state index contributed by atoms with van der Waals surface area (Å²) in [7, 11) is 1.48. The van der Waals surface area contributed by atoms with Crippen molar-refractivity contribution in [3.8, 4) is 34.0 Å². The summed E-state index contributed by atoms with van der Waals surface area (Å²) in [6.45, 7) is 4.28. The number of phenolic OH excluding ortho intramolecular Hbond substituents is 1. The third-order valence-electron chi connectivity index (χ3n) is 4.11. The number of phenols is 1. The SMILES string of the molecule is COc1cc(-c2cc(-c3ccc(C(C)C)cc3)[nH]c(=O)n2)ccc1O. The maximum Gasteiger partial charge on any atom is 0.345 e. The van der Waals surface area contributed by atoms with Gasteiger partial charge in [0.25, 0.3) is 0 Å². The van der Waals surface area contributed by atoms with E-state index in [1.807, 2.05) is 18.2 Å². The second-order valence-corrected chi connectivity index (χ2v) is 6.15. The van der Waals surface area contributed by atoms with Gasteiger partial charge in [0.15, 0.2) is 11.5 Å². The smallest absolute Gasteiger partial charge is 0.345 e. The van der Waals surface area contributed by atoms with Gasteiger partial charge in [-0.3, -0.25) is 0 Å². The first-order valence-corrected chi connectivity index (χ1v) is 8.07. The Labute approximate surface area is 146 Å². The van der Waals surface area contributed by atoms with Crippen molar-refractivity contribution in [3.05, 3.63) is 64.6 Å². The maximum absolute atomic E-state index is 12.0. The van der Waals surface area contributed by atoms with Crippen LogP contribution in [0.5, 0.6) is 11.5 Å². The second kappa shape index (κ2) is 6.81. The Kier molecular flexibility index (Phi) is 4.57. The van der Waals surface area contributed by atoms with E-state index in [4.69, 9.17) is 4.74 Å². The van der Waals surface area contributed by atoms with Gasteiger partial charge in [-0.05, 0) is 41.3 Å². The second-order valence-electron chi connectivity index (χ2n) is 6.15. The molecular formula is C20H20N2O3. The van der Waals surface area contributed by atoms with Crippen molar-refractivity contribution in [2.24, 2.45) is 0 Å². The summed E-state index contributed by atoms with van der Waals surface area (Å²) in [6.07, 6.45) is 0. The zero-order valence-corrected chi connectivity index (χ0v) is 14.4. The highest BCUT2D eigenvalue weighted by molar-refractivity contribution is 5.69. The Morgan fingerprint density at radius 3 is 2.36 bits per heavy atom. The number of nitrogens with zero attached hydrogens (tertiary/aromatic N) is 1. The van der Waals surface area contributed by atoms with Crippen molar-refractivity contribution in [2.45, 2.75) is 19.8 Å². The number of hydrogen-bond acceptors (Lipinski definition) is 4. The van der Waals surface area contributed by atoms with E-state index in [1.165, 1.54) is 18.7 Å². The number of rotatable bonds is 4. The first-order valence-electron chi connectivity index (χ1n) is 8.07. The first-order chi connectivity index (χ1) is 12.0. The molecule has 0 bridgehead atoms. The van der Waals surface area contributed by atoms with Gasteiger partial charge in [0.2, 0.25) is 0 Å². The number of H-pyrrole nitrogens is 1. The fourth-order valence-electron chi connectivity index (χ4n) is 2.65. The number of hydrogen-bond donors (Lipinski definition) is 2. The molecule has 1 heterocycles. The van der Waals surface area contributed by atoms with E-state index in [-0.39, 0.29) is 5.75 Å². The molecule has 0 spiro atoms. The molecule has 2 N–H and O–H groups in total. The van der Waals surface area contributed by atoms with Crippen LogP contribution in [0.4, 0.5) is 0 Å². The monoisotopic (exact) mass is 336 g/mol. The zero-order valence-electron chi connectivity index (χ0n) is 14.4. The molecule has 3 rings (SSSR count). The van der Waals surface area contributed by atoms with Crippen molar-refractivity contribution in [1.82, 2.24) is 9.97 Å². The quantitative estimate of drug-likeness (QED) is 0.756. The minimum atomic E-state index is -0.424. The lowest BCUT2D eigenvalue weighted by Crippen LogP contribution is -2.12. The highest BCUT2D eigenvalue weighted by atomic mass is 16.5. The van der Waals surface area contributed by atoms with Crippen LogP contribution in [0, 0.1) is 0 Å². The van der Waals surface area contributed by atoms with Crippen molar-refractivity contribution >= 4 is 0 Å². The molecule has 5 nitrogen and oxygen atoms in total. The van der Waals surface area contributed by atoms with E-state index < -0.39 is 5.69 Å². The average Bonchev–Trinajstić information content (AvgIpc) is 2.61.